The van der Waals surface area contributed by atoms with Gasteiger partial charge in [-0.3, -0.25) is 9.78 Å². The molecule has 1 N–H and O–H groups in total. The van der Waals surface area contributed by atoms with E-state index >= 15 is 0 Å². The van der Waals surface area contributed by atoms with Gasteiger partial charge in [0.15, 0.2) is 5.69 Å². The molecule has 6 nitrogen and oxygen atoms in total. The summed E-state index contributed by atoms with van der Waals surface area (Å²) in [5.41, 5.74) is 1.48. The standard InChI is InChI=1S/C16H19N5O/c22-16(21-9-2-1-3-10-21)14-6-7-15(20-19-14)18-12-13-5-4-8-17-11-13/h4-8,11H,1-3,9-10,12H2,(H,18,20). The van der Waals surface area contributed by atoms with E-state index < -0.39 is 0 Å². The van der Waals surface area contributed by atoms with Crippen LogP contribution in [0.25, 0.3) is 0 Å². The third-order valence-corrected chi connectivity index (χ3v) is 3.72. The van der Waals surface area contributed by atoms with Crippen molar-refractivity contribution >= 4 is 11.7 Å². The molecule has 0 bridgehead atoms. The summed E-state index contributed by atoms with van der Waals surface area (Å²) in [6.07, 6.45) is 6.89. The quantitative estimate of drug-likeness (QED) is 0.936. The van der Waals surface area contributed by atoms with Crippen LogP contribution in [0, 0.1) is 0 Å². The molecular formula is C16H19N5O. The van der Waals surface area contributed by atoms with Gasteiger partial charge in [-0.05, 0) is 43.0 Å². The topological polar surface area (TPSA) is 71.0 Å². The predicted molar refractivity (Wildman–Crippen MR) is 83.4 cm³/mol. The van der Waals surface area contributed by atoms with Gasteiger partial charge in [0, 0.05) is 32.0 Å². The first-order valence-corrected chi connectivity index (χ1v) is 7.59. The largest absolute Gasteiger partial charge is 0.364 e. The third-order valence-electron chi connectivity index (χ3n) is 3.72. The van der Waals surface area contributed by atoms with Crippen molar-refractivity contribution in [2.75, 3.05) is 18.4 Å². The Bertz CT molecular complexity index is 608. The van der Waals surface area contributed by atoms with E-state index in [1.54, 1.807) is 24.5 Å². The summed E-state index contributed by atoms with van der Waals surface area (Å²) in [5, 5.41) is 11.3. The first-order chi connectivity index (χ1) is 10.8. The molecule has 3 rings (SSSR count). The summed E-state index contributed by atoms with van der Waals surface area (Å²) in [5.74, 6) is 0.630. The lowest BCUT2D eigenvalue weighted by atomic mass is 10.1. The van der Waals surface area contributed by atoms with E-state index in [1.807, 2.05) is 17.0 Å². The average molecular weight is 297 g/mol. The number of hydrogen-bond acceptors (Lipinski definition) is 5. The van der Waals surface area contributed by atoms with E-state index in [9.17, 15) is 4.79 Å². The van der Waals surface area contributed by atoms with E-state index in [1.165, 1.54) is 6.42 Å². The Hall–Kier alpha value is -2.50. The van der Waals surface area contributed by atoms with E-state index in [-0.39, 0.29) is 5.91 Å². The van der Waals surface area contributed by atoms with Crippen LogP contribution in [0.4, 0.5) is 5.82 Å². The van der Waals surface area contributed by atoms with Gasteiger partial charge in [0.05, 0.1) is 0 Å². The molecule has 2 aromatic heterocycles. The fourth-order valence-corrected chi connectivity index (χ4v) is 2.49. The second kappa shape index (κ2) is 6.98. The third kappa shape index (κ3) is 3.58. The summed E-state index contributed by atoms with van der Waals surface area (Å²) < 4.78 is 0. The fourth-order valence-electron chi connectivity index (χ4n) is 2.49. The van der Waals surface area contributed by atoms with Crippen LogP contribution < -0.4 is 5.32 Å². The van der Waals surface area contributed by atoms with Gasteiger partial charge in [-0.25, -0.2) is 0 Å². The predicted octanol–water partition coefficient (Wildman–Crippen LogP) is 2.11. The number of piperidine rings is 1. The normalized spacial score (nSPS) is 14.6. The number of anilines is 1. The van der Waals surface area contributed by atoms with Crippen LogP contribution in [0.1, 0.15) is 35.3 Å². The molecule has 3 heterocycles. The molecule has 114 valence electrons. The Balaban J connectivity index is 1.59. The molecule has 2 aromatic rings. The van der Waals surface area contributed by atoms with Gasteiger partial charge in [-0.15, -0.1) is 10.2 Å². The highest BCUT2D eigenvalue weighted by Crippen LogP contribution is 2.12. The number of carbonyl (C=O) groups is 1. The zero-order valence-corrected chi connectivity index (χ0v) is 12.4. The number of nitrogens with zero attached hydrogens (tertiary/aromatic N) is 4. The number of hydrogen-bond donors (Lipinski definition) is 1. The fraction of sp³-hybridized carbons (Fsp3) is 0.375. The molecule has 0 radical (unpaired) electrons. The van der Waals surface area contributed by atoms with Gasteiger partial charge < -0.3 is 10.2 Å². The first kappa shape index (κ1) is 14.4. The van der Waals surface area contributed by atoms with Gasteiger partial charge >= 0.3 is 0 Å². The van der Waals surface area contributed by atoms with Crippen molar-refractivity contribution in [1.29, 1.82) is 0 Å². The molecule has 1 saturated heterocycles. The smallest absolute Gasteiger partial charge is 0.274 e. The summed E-state index contributed by atoms with van der Waals surface area (Å²) in [7, 11) is 0. The van der Waals surface area contributed by atoms with Crippen molar-refractivity contribution in [3.8, 4) is 0 Å². The monoisotopic (exact) mass is 297 g/mol. The molecule has 0 spiro atoms. The summed E-state index contributed by atoms with van der Waals surface area (Å²) in [6, 6.07) is 7.40. The van der Waals surface area contributed by atoms with Crippen molar-refractivity contribution in [3.05, 3.63) is 47.9 Å². The molecule has 0 atom stereocenters. The number of likely N-dealkylation sites (tertiary alicyclic amines) is 1. The van der Waals surface area contributed by atoms with Gasteiger partial charge in [-0.1, -0.05) is 6.07 Å². The molecule has 0 aromatic carbocycles. The maximum atomic E-state index is 12.3. The SMILES string of the molecule is O=C(c1ccc(NCc2cccnc2)nn1)N1CCCCC1. The highest BCUT2D eigenvalue weighted by Gasteiger charge is 2.19. The van der Waals surface area contributed by atoms with Crippen LogP contribution in [-0.4, -0.2) is 39.1 Å². The van der Waals surface area contributed by atoms with Crippen molar-refractivity contribution in [1.82, 2.24) is 20.1 Å². The molecule has 0 aliphatic carbocycles. The summed E-state index contributed by atoms with van der Waals surface area (Å²) in [6.45, 7) is 2.27. The van der Waals surface area contributed by atoms with Crippen LogP contribution in [0.5, 0.6) is 0 Å². The van der Waals surface area contributed by atoms with Crippen molar-refractivity contribution in [2.24, 2.45) is 0 Å². The van der Waals surface area contributed by atoms with Crippen LogP contribution in [0.3, 0.4) is 0 Å². The maximum Gasteiger partial charge on any atom is 0.274 e. The van der Waals surface area contributed by atoms with Gasteiger partial charge in [0.25, 0.3) is 5.91 Å². The Morgan fingerprint density at radius 3 is 2.68 bits per heavy atom. The number of aromatic nitrogens is 3. The first-order valence-electron chi connectivity index (χ1n) is 7.59. The minimum Gasteiger partial charge on any atom is -0.364 e. The Morgan fingerprint density at radius 1 is 1.14 bits per heavy atom. The molecule has 6 heteroatoms. The second-order valence-electron chi connectivity index (χ2n) is 5.37. The van der Waals surface area contributed by atoms with Crippen molar-refractivity contribution in [3.63, 3.8) is 0 Å². The van der Waals surface area contributed by atoms with Crippen LogP contribution in [0.2, 0.25) is 0 Å². The lowest BCUT2D eigenvalue weighted by Gasteiger charge is -2.26. The van der Waals surface area contributed by atoms with Crippen LogP contribution in [0.15, 0.2) is 36.7 Å². The van der Waals surface area contributed by atoms with Crippen molar-refractivity contribution < 1.29 is 4.79 Å². The average Bonchev–Trinajstić information content (AvgIpc) is 2.61. The molecule has 1 amide bonds. The van der Waals surface area contributed by atoms with E-state index in [0.717, 1.165) is 31.5 Å². The van der Waals surface area contributed by atoms with E-state index in [0.29, 0.717) is 18.1 Å². The number of rotatable bonds is 4. The highest BCUT2D eigenvalue weighted by molar-refractivity contribution is 5.92. The van der Waals surface area contributed by atoms with Gasteiger partial charge in [-0.2, -0.15) is 0 Å². The number of carbonyl (C=O) groups excluding carboxylic acids is 1. The van der Waals surface area contributed by atoms with E-state index in [4.69, 9.17) is 0 Å². The molecule has 1 aliphatic heterocycles. The molecule has 0 unspecified atom stereocenters. The summed E-state index contributed by atoms with van der Waals surface area (Å²) in [4.78, 5) is 18.2. The molecule has 22 heavy (non-hydrogen) atoms. The van der Waals surface area contributed by atoms with Gasteiger partial charge in [0.2, 0.25) is 0 Å². The highest BCUT2D eigenvalue weighted by atomic mass is 16.2. The van der Waals surface area contributed by atoms with Crippen molar-refractivity contribution in [2.45, 2.75) is 25.8 Å². The lowest BCUT2D eigenvalue weighted by molar-refractivity contribution is 0.0717. The maximum absolute atomic E-state index is 12.3. The Morgan fingerprint density at radius 2 is 2.00 bits per heavy atom. The molecule has 1 fully saturated rings. The minimum atomic E-state index is -0.0222. The van der Waals surface area contributed by atoms with Gasteiger partial charge in [0.1, 0.15) is 5.82 Å². The second-order valence-corrected chi connectivity index (χ2v) is 5.37. The number of nitrogens with one attached hydrogen (secondary N) is 1. The number of amides is 1. The molecule has 1 aliphatic rings. The van der Waals surface area contributed by atoms with Crippen LogP contribution >= 0.6 is 0 Å². The van der Waals surface area contributed by atoms with Crippen LogP contribution in [-0.2, 0) is 6.54 Å². The minimum absolute atomic E-state index is 0.0222. The zero-order chi connectivity index (χ0) is 15.2. The number of pyridine rings is 1. The molecule has 0 saturated carbocycles. The molecular weight excluding hydrogens is 278 g/mol. The Kier molecular flexibility index (Phi) is 4.58. The van der Waals surface area contributed by atoms with E-state index in [2.05, 4.69) is 20.5 Å². The lowest BCUT2D eigenvalue weighted by Crippen LogP contribution is -2.36. The summed E-state index contributed by atoms with van der Waals surface area (Å²) >= 11 is 0. The zero-order valence-electron chi connectivity index (χ0n) is 12.4. The Labute approximate surface area is 129 Å².